The molecule has 144 valence electrons. The fourth-order valence-corrected chi connectivity index (χ4v) is 4.12. The number of amides is 2. The molecule has 2 heterocycles. The summed E-state index contributed by atoms with van der Waals surface area (Å²) in [7, 11) is 0. The first kappa shape index (κ1) is 19.9. The van der Waals surface area contributed by atoms with Crippen molar-refractivity contribution in [3.05, 3.63) is 57.2 Å². The normalized spacial score (nSPS) is 15.4. The molecule has 1 aromatic carbocycles. The van der Waals surface area contributed by atoms with Crippen molar-refractivity contribution in [2.24, 2.45) is 5.92 Å². The van der Waals surface area contributed by atoms with E-state index in [1.807, 2.05) is 0 Å². The SMILES string of the molecule is O=C(CNC(=O)c1cccc(Cl)c1)NCC1CCN(Cc2cccs2)CC1. The summed E-state index contributed by atoms with van der Waals surface area (Å²) < 4.78 is 0. The van der Waals surface area contributed by atoms with E-state index in [0.717, 1.165) is 32.5 Å². The van der Waals surface area contributed by atoms with Crippen LogP contribution in [-0.4, -0.2) is 42.9 Å². The van der Waals surface area contributed by atoms with E-state index in [-0.39, 0.29) is 18.4 Å². The molecule has 2 amide bonds. The molecule has 0 saturated carbocycles. The minimum atomic E-state index is -0.297. The lowest BCUT2D eigenvalue weighted by Crippen LogP contribution is -2.41. The van der Waals surface area contributed by atoms with Crippen LogP contribution in [0.3, 0.4) is 0 Å². The Bertz CT molecular complexity index is 758. The Kier molecular flexibility index (Phi) is 7.26. The molecule has 2 aromatic rings. The molecule has 5 nitrogen and oxygen atoms in total. The van der Waals surface area contributed by atoms with E-state index in [9.17, 15) is 9.59 Å². The molecule has 1 saturated heterocycles. The van der Waals surface area contributed by atoms with E-state index >= 15 is 0 Å². The van der Waals surface area contributed by atoms with E-state index in [0.29, 0.717) is 23.0 Å². The molecular formula is C20H24ClN3O2S. The Hall–Kier alpha value is -1.89. The highest BCUT2D eigenvalue weighted by Gasteiger charge is 2.20. The van der Waals surface area contributed by atoms with Gasteiger partial charge in [-0.25, -0.2) is 0 Å². The van der Waals surface area contributed by atoms with Gasteiger partial charge in [-0.2, -0.15) is 0 Å². The zero-order valence-corrected chi connectivity index (χ0v) is 16.7. The Labute approximate surface area is 168 Å². The largest absolute Gasteiger partial charge is 0.354 e. The summed E-state index contributed by atoms with van der Waals surface area (Å²) in [6.07, 6.45) is 2.17. The molecule has 0 spiro atoms. The van der Waals surface area contributed by atoms with Crippen molar-refractivity contribution < 1.29 is 9.59 Å². The number of carbonyl (C=O) groups is 2. The third-order valence-electron chi connectivity index (χ3n) is 4.75. The maximum atomic E-state index is 12.0. The smallest absolute Gasteiger partial charge is 0.251 e. The number of likely N-dealkylation sites (tertiary alicyclic amines) is 1. The van der Waals surface area contributed by atoms with Gasteiger partial charge in [0.2, 0.25) is 5.91 Å². The van der Waals surface area contributed by atoms with Gasteiger partial charge >= 0.3 is 0 Å². The summed E-state index contributed by atoms with van der Waals surface area (Å²) in [5.74, 6) is 0.0399. The zero-order valence-electron chi connectivity index (χ0n) is 15.1. The molecule has 1 aromatic heterocycles. The molecule has 0 atom stereocenters. The minimum Gasteiger partial charge on any atom is -0.354 e. The van der Waals surface area contributed by atoms with Gasteiger partial charge in [-0.1, -0.05) is 23.7 Å². The van der Waals surface area contributed by atoms with Crippen LogP contribution < -0.4 is 10.6 Å². The van der Waals surface area contributed by atoms with E-state index in [1.54, 1.807) is 35.6 Å². The summed E-state index contributed by atoms with van der Waals surface area (Å²) in [4.78, 5) is 27.9. The number of hydrogen-bond acceptors (Lipinski definition) is 4. The van der Waals surface area contributed by atoms with Crippen LogP contribution >= 0.6 is 22.9 Å². The van der Waals surface area contributed by atoms with Gasteiger partial charge in [-0.15, -0.1) is 11.3 Å². The van der Waals surface area contributed by atoms with Crippen molar-refractivity contribution in [1.82, 2.24) is 15.5 Å². The maximum absolute atomic E-state index is 12.0. The van der Waals surface area contributed by atoms with Gasteiger partial charge in [0.1, 0.15) is 0 Å². The second-order valence-electron chi connectivity index (χ2n) is 6.80. The van der Waals surface area contributed by atoms with Crippen LogP contribution in [0, 0.1) is 5.92 Å². The van der Waals surface area contributed by atoms with Gasteiger partial charge in [0.25, 0.3) is 5.91 Å². The van der Waals surface area contributed by atoms with Gasteiger partial charge in [-0.05, 0) is 61.5 Å². The summed E-state index contributed by atoms with van der Waals surface area (Å²) in [5.41, 5.74) is 0.452. The summed E-state index contributed by atoms with van der Waals surface area (Å²) in [6.45, 7) is 3.78. The first-order valence-electron chi connectivity index (χ1n) is 9.15. The number of hydrogen-bond donors (Lipinski definition) is 2. The van der Waals surface area contributed by atoms with Crippen LogP contribution in [0.25, 0.3) is 0 Å². The Morgan fingerprint density at radius 3 is 2.67 bits per heavy atom. The zero-order chi connectivity index (χ0) is 19.1. The van der Waals surface area contributed by atoms with Crippen molar-refractivity contribution in [3.63, 3.8) is 0 Å². The molecule has 3 rings (SSSR count). The van der Waals surface area contributed by atoms with Crippen molar-refractivity contribution in [2.75, 3.05) is 26.2 Å². The molecule has 0 unspecified atom stereocenters. The molecule has 1 aliphatic heterocycles. The standard InChI is InChI=1S/C20H24ClN3O2S/c21-17-4-1-3-16(11-17)20(26)23-13-19(25)22-12-15-6-8-24(9-7-15)14-18-5-2-10-27-18/h1-5,10-11,15H,6-9,12-14H2,(H,22,25)(H,23,26). The number of piperidine rings is 1. The Morgan fingerprint density at radius 2 is 1.96 bits per heavy atom. The number of carbonyl (C=O) groups excluding carboxylic acids is 2. The Balaban J connectivity index is 1.32. The topological polar surface area (TPSA) is 61.4 Å². The van der Waals surface area contributed by atoms with E-state index in [4.69, 9.17) is 11.6 Å². The summed E-state index contributed by atoms with van der Waals surface area (Å²) in [6, 6.07) is 10.9. The van der Waals surface area contributed by atoms with Crippen molar-refractivity contribution in [1.29, 1.82) is 0 Å². The number of nitrogens with zero attached hydrogens (tertiary/aromatic N) is 1. The maximum Gasteiger partial charge on any atom is 0.251 e. The van der Waals surface area contributed by atoms with Crippen LogP contribution in [-0.2, 0) is 11.3 Å². The lowest BCUT2D eigenvalue weighted by Gasteiger charge is -2.31. The molecule has 27 heavy (non-hydrogen) atoms. The molecule has 0 radical (unpaired) electrons. The third kappa shape index (κ3) is 6.34. The fourth-order valence-electron chi connectivity index (χ4n) is 3.18. The predicted molar refractivity (Wildman–Crippen MR) is 109 cm³/mol. The molecule has 0 bridgehead atoms. The highest BCUT2D eigenvalue weighted by Crippen LogP contribution is 2.20. The monoisotopic (exact) mass is 405 g/mol. The highest BCUT2D eigenvalue weighted by atomic mass is 35.5. The predicted octanol–water partition coefficient (Wildman–Crippen LogP) is 3.16. The van der Waals surface area contributed by atoms with Crippen molar-refractivity contribution >= 4 is 34.8 Å². The summed E-state index contributed by atoms with van der Waals surface area (Å²) >= 11 is 7.67. The van der Waals surface area contributed by atoms with Gasteiger partial charge in [0, 0.05) is 28.6 Å². The van der Waals surface area contributed by atoms with E-state index in [1.165, 1.54) is 4.88 Å². The first-order chi connectivity index (χ1) is 13.1. The number of benzene rings is 1. The number of halogens is 1. The molecular weight excluding hydrogens is 382 g/mol. The second-order valence-corrected chi connectivity index (χ2v) is 8.26. The van der Waals surface area contributed by atoms with Gasteiger partial charge in [0.05, 0.1) is 6.54 Å². The third-order valence-corrected chi connectivity index (χ3v) is 5.85. The van der Waals surface area contributed by atoms with Crippen LogP contribution in [0.15, 0.2) is 41.8 Å². The van der Waals surface area contributed by atoms with Gasteiger partial charge in [-0.3, -0.25) is 14.5 Å². The number of nitrogens with one attached hydrogen (secondary N) is 2. The molecule has 2 N–H and O–H groups in total. The average molecular weight is 406 g/mol. The molecule has 1 fully saturated rings. The highest BCUT2D eigenvalue weighted by molar-refractivity contribution is 7.09. The van der Waals surface area contributed by atoms with E-state index in [2.05, 4.69) is 33.0 Å². The van der Waals surface area contributed by atoms with Gasteiger partial charge < -0.3 is 10.6 Å². The second kappa shape index (κ2) is 9.88. The Morgan fingerprint density at radius 1 is 1.15 bits per heavy atom. The number of rotatable bonds is 7. The van der Waals surface area contributed by atoms with Crippen LogP contribution in [0.2, 0.25) is 5.02 Å². The van der Waals surface area contributed by atoms with Crippen molar-refractivity contribution in [3.8, 4) is 0 Å². The van der Waals surface area contributed by atoms with Crippen LogP contribution in [0.4, 0.5) is 0 Å². The van der Waals surface area contributed by atoms with Crippen molar-refractivity contribution in [2.45, 2.75) is 19.4 Å². The van der Waals surface area contributed by atoms with Crippen LogP contribution in [0.1, 0.15) is 28.1 Å². The lowest BCUT2D eigenvalue weighted by molar-refractivity contribution is -0.120. The average Bonchev–Trinajstić information content (AvgIpc) is 3.18. The lowest BCUT2D eigenvalue weighted by atomic mass is 9.97. The van der Waals surface area contributed by atoms with E-state index < -0.39 is 0 Å². The number of thiophene rings is 1. The quantitative estimate of drug-likeness (QED) is 0.743. The van der Waals surface area contributed by atoms with Crippen LogP contribution in [0.5, 0.6) is 0 Å². The fraction of sp³-hybridized carbons (Fsp3) is 0.400. The molecule has 0 aliphatic carbocycles. The molecule has 7 heteroatoms. The molecule has 1 aliphatic rings. The minimum absolute atomic E-state index is 0.0252. The van der Waals surface area contributed by atoms with Gasteiger partial charge in [0.15, 0.2) is 0 Å². The summed E-state index contributed by atoms with van der Waals surface area (Å²) in [5, 5.41) is 8.18. The first-order valence-corrected chi connectivity index (χ1v) is 10.4.